The van der Waals surface area contributed by atoms with Gasteiger partial charge in [0.15, 0.2) is 5.78 Å². The first-order valence-electron chi connectivity index (χ1n) is 7.13. The van der Waals surface area contributed by atoms with Gasteiger partial charge in [0.25, 0.3) is 0 Å². The maximum Gasteiger partial charge on any atom is 0.326 e. The van der Waals surface area contributed by atoms with Crippen LogP contribution in [0, 0.1) is 5.92 Å². The number of hydrogen-bond donors (Lipinski definition) is 2. The minimum Gasteiger partial charge on any atom is -0.480 e. The fourth-order valence-corrected chi connectivity index (χ4v) is 2.56. The molecule has 1 rings (SSSR count). The average Bonchev–Trinajstić information content (AvgIpc) is 2.52. The first kappa shape index (κ1) is 18.2. The Bertz CT molecular complexity index is 518. The lowest BCUT2D eigenvalue weighted by molar-refractivity contribution is -0.143. The van der Waals surface area contributed by atoms with Crippen LogP contribution in [0.5, 0.6) is 0 Å². The topological polar surface area (TPSA) is 83.5 Å². The summed E-state index contributed by atoms with van der Waals surface area (Å²) in [4.78, 5) is 34.8. The number of hydrogen-bond acceptors (Lipinski definition) is 4. The Balaban J connectivity index is 2.39. The van der Waals surface area contributed by atoms with Crippen molar-refractivity contribution >= 4 is 29.4 Å². The zero-order valence-electron chi connectivity index (χ0n) is 12.7. The van der Waals surface area contributed by atoms with Gasteiger partial charge in [0.2, 0.25) is 5.91 Å². The Morgan fingerprint density at radius 3 is 2.36 bits per heavy atom. The molecule has 0 heterocycles. The van der Waals surface area contributed by atoms with Crippen molar-refractivity contribution in [2.75, 3.05) is 11.5 Å². The predicted octanol–water partition coefficient (Wildman–Crippen LogP) is 2.22. The summed E-state index contributed by atoms with van der Waals surface area (Å²) in [6.07, 6.45) is 0.664. The fraction of sp³-hybridized carbons (Fsp3) is 0.438. The summed E-state index contributed by atoms with van der Waals surface area (Å²) in [5.41, 5.74) is 0.610. The van der Waals surface area contributed by atoms with Gasteiger partial charge >= 0.3 is 5.97 Å². The van der Waals surface area contributed by atoms with Gasteiger partial charge in [-0.25, -0.2) is 4.79 Å². The van der Waals surface area contributed by atoms with E-state index >= 15 is 0 Å². The fourth-order valence-electron chi connectivity index (χ4n) is 1.84. The molecule has 2 unspecified atom stereocenters. The largest absolute Gasteiger partial charge is 0.480 e. The zero-order chi connectivity index (χ0) is 16.5. The second-order valence-electron chi connectivity index (χ2n) is 5.05. The maximum absolute atomic E-state index is 11.9. The van der Waals surface area contributed by atoms with Crippen molar-refractivity contribution in [3.05, 3.63) is 35.9 Å². The molecule has 0 aliphatic heterocycles. The second kappa shape index (κ2) is 9.25. The number of carboxylic acids is 1. The minimum atomic E-state index is -1.03. The zero-order valence-corrected chi connectivity index (χ0v) is 13.6. The molecule has 0 fully saturated rings. The molecule has 0 bridgehead atoms. The van der Waals surface area contributed by atoms with Crippen molar-refractivity contribution in [3.8, 4) is 0 Å². The van der Waals surface area contributed by atoms with Crippen LogP contribution in [0.2, 0.25) is 0 Å². The number of benzene rings is 1. The van der Waals surface area contributed by atoms with Gasteiger partial charge in [0.1, 0.15) is 6.04 Å². The third-order valence-electron chi connectivity index (χ3n) is 3.36. The molecule has 0 aliphatic carbocycles. The molecule has 22 heavy (non-hydrogen) atoms. The molecular weight excluding hydrogens is 302 g/mol. The number of rotatable bonds is 9. The predicted molar refractivity (Wildman–Crippen MR) is 87.1 cm³/mol. The number of carbonyl (C=O) groups is 3. The lowest BCUT2D eigenvalue weighted by Crippen LogP contribution is -2.45. The van der Waals surface area contributed by atoms with Crippen LogP contribution in [0.1, 0.15) is 30.6 Å². The Hall–Kier alpha value is -1.82. The SMILES string of the molecule is CCC(C)C(NC(=O)CSCC(=O)c1ccccc1)C(=O)O. The van der Waals surface area contributed by atoms with Gasteiger partial charge < -0.3 is 10.4 Å². The molecule has 6 heteroatoms. The van der Waals surface area contributed by atoms with Crippen LogP contribution >= 0.6 is 11.8 Å². The van der Waals surface area contributed by atoms with Crippen LogP contribution in [-0.2, 0) is 9.59 Å². The summed E-state index contributed by atoms with van der Waals surface area (Å²) in [6.45, 7) is 3.66. The minimum absolute atomic E-state index is 0.0462. The quantitative estimate of drug-likeness (QED) is 0.681. The van der Waals surface area contributed by atoms with E-state index < -0.39 is 12.0 Å². The second-order valence-corrected chi connectivity index (χ2v) is 6.04. The van der Waals surface area contributed by atoms with Gasteiger partial charge in [-0.05, 0) is 5.92 Å². The van der Waals surface area contributed by atoms with E-state index in [0.29, 0.717) is 12.0 Å². The van der Waals surface area contributed by atoms with E-state index in [0.717, 1.165) is 0 Å². The summed E-state index contributed by atoms with van der Waals surface area (Å²) in [5.74, 6) is -1.32. The Labute approximate surface area is 134 Å². The van der Waals surface area contributed by atoms with E-state index in [1.807, 2.05) is 13.0 Å². The van der Waals surface area contributed by atoms with Crippen molar-refractivity contribution in [1.82, 2.24) is 5.32 Å². The summed E-state index contributed by atoms with van der Waals surface area (Å²) < 4.78 is 0. The lowest BCUT2D eigenvalue weighted by Gasteiger charge is -2.19. The Kier molecular flexibility index (Phi) is 7.66. The molecule has 0 aliphatic rings. The first-order valence-corrected chi connectivity index (χ1v) is 8.29. The van der Waals surface area contributed by atoms with Crippen LogP contribution in [-0.4, -0.2) is 40.3 Å². The molecule has 0 aromatic heterocycles. The maximum atomic E-state index is 11.9. The highest BCUT2D eigenvalue weighted by Crippen LogP contribution is 2.10. The molecule has 0 spiro atoms. The monoisotopic (exact) mass is 323 g/mol. The molecule has 1 amide bonds. The van der Waals surface area contributed by atoms with Crippen LogP contribution in [0.15, 0.2) is 30.3 Å². The molecule has 0 saturated heterocycles. The summed E-state index contributed by atoms with van der Waals surface area (Å²) in [5, 5.41) is 11.6. The third-order valence-corrected chi connectivity index (χ3v) is 4.29. The number of aliphatic carboxylic acids is 1. The van der Waals surface area contributed by atoms with E-state index in [1.54, 1.807) is 31.2 Å². The summed E-state index contributed by atoms with van der Waals surface area (Å²) >= 11 is 1.18. The Morgan fingerprint density at radius 1 is 1.18 bits per heavy atom. The van der Waals surface area contributed by atoms with E-state index in [1.165, 1.54) is 11.8 Å². The molecule has 0 saturated carbocycles. The third kappa shape index (κ3) is 5.89. The van der Waals surface area contributed by atoms with E-state index in [9.17, 15) is 14.4 Å². The number of amides is 1. The molecule has 1 aromatic carbocycles. The molecule has 5 nitrogen and oxygen atoms in total. The van der Waals surface area contributed by atoms with E-state index in [4.69, 9.17) is 5.11 Å². The van der Waals surface area contributed by atoms with Crippen molar-refractivity contribution in [3.63, 3.8) is 0 Å². The van der Waals surface area contributed by atoms with Crippen LogP contribution in [0.25, 0.3) is 0 Å². The molecular formula is C16H21NO4S. The number of carboxylic acid groups (broad SMARTS) is 1. The first-order chi connectivity index (χ1) is 10.5. The van der Waals surface area contributed by atoms with Gasteiger partial charge in [-0.2, -0.15) is 0 Å². The smallest absolute Gasteiger partial charge is 0.326 e. The van der Waals surface area contributed by atoms with E-state index in [-0.39, 0.29) is 29.1 Å². The van der Waals surface area contributed by atoms with Gasteiger partial charge in [-0.3, -0.25) is 9.59 Å². The standard InChI is InChI=1S/C16H21NO4S/c1-3-11(2)15(16(20)21)17-14(19)10-22-9-13(18)12-7-5-4-6-8-12/h4-8,11,15H,3,9-10H2,1-2H3,(H,17,19)(H,20,21). The van der Waals surface area contributed by atoms with Crippen molar-refractivity contribution in [2.24, 2.45) is 5.92 Å². The number of carbonyl (C=O) groups excluding carboxylic acids is 2. The molecule has 2 atom stereocenters. The number of Topliss-reactive ketones (excluding diaryl/α,β-unsaturated/α-hetero) is 1. The molecule has 0 radical (unpaired) electrons. The molecule has 1 aromatic rings. The van der Waals surface area contributed by atoms with Crippen LogP contribution in [0.3, 0.4) is 0 Å². The molecule has 120 valence electrons. The van der Waals surface area contributed by atoms with Crippen LogP contribution in [0.4, 0.5) is 0 Å². The normalized spacial score (nSPS) is 13.2. The number of ketones is 1. The summed E-state index contributed by atoms with van der Waals surface area (Å²) in [6, 6.07) is 7.97. The summed E-state index contributed by atoms with van der Waals surface area (Å²) in [7, 11) is 0. The number of nitrogens with one attached hydrogen (secondary N) is 1. The molecule has 2 N–H and O–H groups in total. The average molecular weight is 323 g/mol. The van der Waals surface area contributed by atoms with Gasteiger partial charge in [0.05, 0.1) is 11.5 Å². The van der Waals surface area contributed by atoms with Gasteiger partial charge in [-0.15, -0.1) is 11.8 Å². The number of thioether (sulfide) groups is 1. The Morgan fingerprint density at radius 2 is 1.82 bits per heavy atom. The van der Waals surface area contributed by atoms with Gasteiger partial charge in [0, 0.05) is 5.56 Å². The highest BCUT2D eigenvalue weighted by molar-refractivity contribution is 8.00. The highest BCUT2D eigenvalue weighted by Gasteiger charge is 2.25. The van der Waals surface area contributed by atoms with Crippen molar-refractivity contribution in [2.45, 2.75) is 26.3 Å². The lowest BCUT2D eigenvalue weighted by atomic mass is 9.99. The van der Waals surface area contributed by atoms with Crippen LogP contribution < -0.4 is 5.32 Å². The van der Waals surface area contributed by atoms with Gasteiger partial charge in [-0.1, -0.05) is 50.6 Å². The van der Waals surface area contributed by atoms with E-state index in [2.05, 4.69) is 5.32 Å². The van der Waals surface area contributed by atoms with Crippen molar-refractivity contribution < 1.29 is 19.5 Å². The highest BCUT2D eigenvalue weighted by atomic mass is 32.2. The van der Waals surface area contributed by atoms with Crippen molar-refractivity contribution in [1.29, 1.82) is 0 Å².